The minimum Gasteiger partial charge on any atom is -0.313 e. The summed E-state index contributed by atoms with van der Waals surface area (Å²) in [6.45, 7) is 4.79. The van der Waals surface area contributed by atoms with Crippen molar-refractivity contribution >= 4 is 0 Å². The van der Waals surface area contributed by atoms with Crippen LogP contribution in [0, 0.1) is 11.3 Å². The number of nitrogens with one attached hydrogen (secondary N) is 1. The standard InChI is InChI=1S/C13H23N3/c1-13(2)7-5-6-11(13)12(14-3)10-8-15-16(4)9-10/h8-9,11-12,14H,5-7H2,1-4H3. The highest BCUT2D eigenvalue weighted by atomic mass is 15.2. The lowest BCUT2D eigenvalue weighted by Gasteiger charge is -2.33. The Morgan fingerprint density at radius 1 is 1.56 bits per heavy atom. The Morgan fingerprint density at radius 3 is 2.75 bits per heavy atom. The number of nitrogens with zero attached hydrogens (tertiary/aromatic N) is 2. The second kappa shape index (κ2) is 4.21. The van der Waals surface area contributed by atoms with Crippen molar-refractivity contribution in [3.05, 3.63) is 18.0 Å². The molecule has 3 heteroatoms. The Labute approximate surface area is 98.2 Å². The Balaban J connectivity index is 2.23. The summed E-state index contributed by atoms with van der Waals surface area (Å²) >= 11 is 0. The molecule has 1 aromatic rings. The fourth-order valence-corrected chi connectivity index (χ4v) is 3.17. The van der Waals surface area contributed by atoms with Crippen LogP contribution in [0.3, 0.4) is 0 Å². The lowest BCUT2D eigenvalue weighted by Crippen LogP contribution is -2.31. The van der Waals surface area contributed by atoms with E-state index in [4.69, 9.17) is 0 Å². The molecule has 0 aliphatic heterocycles. The van der Waals surface area contributed by atoms with E-state index in [0.29, 0.717) is 11.5 Å². The molecule has 3 nitrogen and oxygen atoms in total. The third kappa shape index (κ3) is 2.01. The molecular formula is C13H23N3. The third-order valence-electron chi connectivity index (χ3n) is 4.14. The van der Waals surface area contributed by atoms with Crippen molar-refractivity contribution in [2.24, 2.45) is 18.4 Å². The van der Waals surface area contributed by atoms with Gasteiger partial charge in [0.15, 0.2) is 0 Å². The molecule has 1 saturated carbocycles. The maximum absolute atomic E-state index is 4.28. The van der Waals surface area contributed by atoms with E-state index in [-0.39, 0.29) is 0 Å². The van der Waals surface area contributed by atoms with Crippen LogP contribution in [-0.2, 0) is 7.05 Å². The maximum atomic E-state index is 4.28. The van der Waals surface area contributed by atoms with Gasteiger partial charge in [0, 0.05) is 24.8 Å². The Hall–Kier alpha value is -0.830. The molecular weight excluding hydrogens is 198 g/mol. The van der Waals surface area contributed by atoms with E-state index in [0.717, 1.165) is 5.92 Å². The fraction of sp³-hybridized carbons (Fsp3) is 0.769. The first-order valence-corrected chi connectivity index (χ1v) is 6.20. The summed E-state index contributed by atoms with van der Waals surface area (Å²) < 4.78 is 1.89. The number of hydrogen-bond donors (Lipinski definition) is 1. The van der Waals surface area contributed by atoms with Gasteiger partial charge in [-0.3, -0.25) is 4.68 Å². The Morgan fingerprint density at radius 2 is 2.31 bits per heavy atom. The highest BCUT2D eigenvalue weighted by Crippen LogP contribution is 2.48. The van der Waals surface area contributed by atoms with Crippen molar-refractivity contribution in [3.8, 4) is 0 Å². The Bertz CT molecular complexity index is 354. The van der Waals surface area contributed by atoms with E-state index in [1.807, 2.05) is 17.9 Å². The van der Waals surface area contributed by atoms with Crippen molar-refractivity contribution in [3.63, 3.8) is 0 Å². The van der Waals surface area contributed by atoms with Crippen molar-refractivity contribution in [2.75, 3.05) is 7.05 Å². The maximum Gasteiger partial charge on any atom is 0.0537 e. The van der Waals surface area contributed by atoms with Crippen LogP contribution in [0.5, 0.6) is 0 Å². The van der Waals surface area contributed by atoms with Gasteiger partial charge in [-0.1, -0.05) is 20.3 Å². The molecule has 0 bridgehead atoms. The topological polar surface area (TPSA) is 29.9 Å². The van der Waals surface area contributed by atoms with E-state index in [1.165, 1.54) is 24.8 Å². The average molecular weight is 221 g/mol. The lowest BCUT2D eigenvalue weighted by atomic mass is 9.76. The molecule has 1 fully saturated rings. The van der Waals surface area contributed by atoms with Gasteiger partial charge in [-0.2, -0.15) is 5.10 Å². The van der Waals surface area contributed by atoms with E-state index in [2.05, 4.69) is 37.5 Å². The predicted octanol–water partition coefficient (Wildman–Crippen LogP) is 2.51. The van der Waals surface area contributed by atoms with Crippen LogP contribution in [0.25, 0.3) is 0 Å². The first-order chi connectivity index (χ1) is 7.54. The summed E-state index contributed by atoms with van der Waals surface area (Å²) in [6.07, 6.45) is 8.16. The minimum absolute atomic E-state index is 0.448. The van der Waals surface area contributed by atoms with Crippen molar-refractivity contribution in [1.82, 2.24) is 15.1 Å². The zero-order valence-electron chi connectivity index (χ0n) is 10.8. The van der Waals surface area contributed by atoms with Gasteiger partial charge in [0.1, 0.15) is 0 Å². The van der Waals surface area contributed by atoms with Gasteiger partial charge in [0.25, 0.3) is 0 Å². The van der Waals surface area contributed by atoms with Gasteiger partial charge in [-0.05, 0) is 31.2 Å². The molecule has 0 radical (unpaired) electrons. The molecule has 1 aliphatic rings. The van der Waals surface area contributed by atoms with Crippen LogP contribution < -0.4 is 5.32 Å². The zero-order chi connectivity index (χ0) is 11.8. The molecule has 16 heavy (non-hydrogen) atoms. The Kier molecular flexibility index (Phi) is 3.06. The highest BCUT2D eigenvalue weighted by Gasteiger charge is 2.39. The molecule has 1 aliphatic carbocycles. The van der Waals surface area contributed by atoms with E-state index >= 15 is 0 Å². The van der Waals surface area contributed by atoms with Crippen LogP contribution in [0.2, 0.25) is 0 Å². The quantitative estimate of drug-likeness (QED) is 0.850. The number of aromatic nitrogens is 2. The first-order valence-electron chi connectivity index (χ1n) is 6.20. The minimum atomic E-state index is 0.448. The molecule has 2 atom stereocenters. The second-order valence-corrected chi connectivity index (χ2v) is 5.70. The van der Waals surface area contributed by atoms with Crippen LogP contribution in [0.4, 0.5) is 0 Å². The van der Waals surface area contributed by atoms with Gasteiger partial charge in [-0.25, -0.2) is 0 Å². The average Bonchev–Trinajstić information content (AvgIpc) is 2.76. The molecule has 0 saturated heterocycles. The summed E-state index contributed by atoms with van der Waals surface area (Å²) in [7, 11) is 4.04. The highest BCUT2D eigenvalue weighted by molar-refractivity contribution is 5.13. The van der Waals surface area contributed by atoms with Crippen LogP contribution >= 0.6 is 0 Å². The molecule has 2 rings (SSSR count). The SMILES string of the molecule is CNC(c1cnn(C)c1)C1CCCC1(C)C. The fourth-order valence-electron chi connectivity index (χ4n) is 3.17. The summed E-state index contributed by atoms with van der Waals surface area (Å²) in [5.41, 5.74) is 1.77. The van der Waals surface area contributed by atoms with Crippen LogP contribution in [0.1, 0.15) is 44.7 Å². The van der Waals surface area contributed by atoms with Crippen molar-refractivity contribution in [2.45, 2.75) is 39.2 Å². The molecule has 90 valence electrons. The van der Waals surface area contributed by atoms with Crippen LogP contribution in [0.15, 0.2) is 12.4 Å². The van der Waals surface area contributed by atoms with Crippen molar-refractivity contribution < 1.29 is 0 Å². The lowest BCUT2D eigenvalue weighted by molar-refractivity contribution is 0.203. The first kappa shape index (κ1) is 11.6. The second-order valence-electron chi connectivity index (χ2n) is 5.70. The zero-order valence-corrected chi connectivity index (χ0v) is 10.8. The van der Waals surface area contributed by atoms with E-state index in [1.54, 1.807) is 0 Å². The van der Waals surface area contributed by atoms with E-state index < -0.39 is 0 Å². The third-order valence-corrected chi connectivity index (χ3v) is 4.14. The van der Waals surface area contributed by atoms with Gasteiger partial charge >= 0.3 is 0 Å². The summed E-state index contributed by atoms with van der Waals surface area (Å²) in [6, 6.07) is 0.450. The largest absolute Gasteiger partial charge is 0.313 e. The molecule has 0 amide bonds. The molecule has 1 N–H and O–H groups in total. The monoisotopic (exact) mass is 221 g/mol. The summed E-state index contributed by atoms with van der Waals surface area (Å²) in [4.78, 5) is 0. The molecule has 0 spiro atoms. The van der Waals surface area contributed by atoms with Crippen LogP contribution in [-0.4, -0.2) is 16.8 Å². The molecule has 1 heterocycles. The van der Waals surface area contributed by atoms with Gasteiger partial charge in [0.2, 0.25) is 0 Å². The van der Waals surface area contributed by atoms with Gasteiger partial charge in [-0.15, -0.1) is 0 Å². The molecule has 0 aromatic carbocycles. The predicted molar refractivity (Wildman–Crippen MR) is 66.1 cm³/mol. The van der Waals surface area contributed by atoms with E-state index in [9.17, 15) is 0 Å². The molecule has 1 aromatic heterocycles. The van der Waals surface area contributed by atoms with Gasteiger partial charge < -0.3 is 5.32 Å². The van der Waals surface area contributed by atoms with Gasteiger partial charge in [0.05, 0.1) is 6.20 Å². The smallest absolute Gasteiger partial charge is 0.0537 e. The summed E-state index contributed by atoms with van der Waals surface area (Å²) in [5, 5.41) is 7.76. The molecule has 2 unspecified atom stereocenters. The summed E-state index contributed by atoms with van der Waals surface area (Å²) in [5.74, 6) is 0.724. The number of hydrogen-bond acceptors (Lipinski definition) is 2. The normalized spacial score (nSPS) is 25.9. The van der Waals surface area contributed by atoms with Crippen molar-refractivity contribution in [1.29, 1.82) is 0 Å². The number of rotatable bonds is 3. The number of aryl methyl sites for hydroxylation is 1.